The van der Waals surface area contributed by atoms with Crippen LogP contribution in [0, 0.1) is 16.0 Å². The molecule has 102 valence electrons. The van der Waals surface area contributed by atoms with Crippen LogP contribution in [0.1, 0.15) is 42.5 Å². The van der Waals surface area contributed by atoms with Gasteiger partial charge in [-0.15, -0.1) is 0 Å². The number of aldehydes is 1. The molecule has 1 fully saturated rings. The molecule has 0 unspecified atom stereocenters. The van der Waals surface area contributed by atoms with Crippen molar-refractivity contribution in [2.75, 3.05) is 11.9 Å². The zero-order valence-corrected chi connectivity index (χ0v) is 10.8. The summed E-state index contributed by atoms with van der Waals surface area (Å²) in [5, 5.41) is 14.1. The van der Waals surface area contributed by atoms with Crippen LogP contribution in [0.4, 0.5) is 11.4 Å². The van der Waals surface area contributed by atoms with Crippen LogP contribution in [0.15, 0.2) is 18.2 Å². The number of hydrogen-bond donors (Lipinski definition) is 1. The Labute approximate surface area is 112 Å². The summed E-state index contributed by atoms with van der Waals surface area (Å²) < 4.78 is 0. The summed E-state index contributed by atoms with van der Waals surface area (Å²) >= 11 is 0. The van der Waals surface area contributed by atoms with Gasteiger partial charge < -0.3 is 5.32 Å². The Morgan fingerprint density at radius 2 is 2.11 bits per heavy atom. The van der Waals surface area contributed by atoms with Gasteiger partial charge in [0.05, 0.1) is 4.92 Å². The number of nitro benzene ring substituents is 1. The van der Waals surface area contributed by atoms with Gasteiger partial charge in [0, 0.05) is 18.2 Å². The molecule has 0 saturated heterocycles. The molecule has 1 aromatic carbocycles. The average Bonchev–Trinajstić information content (AvgIpc) is 2.92. The molecule has 19 heavy (non-hydrogen) atoms. The van der Waals surface area contributed by atoms with E-state index in [9.17, 15) is 14.9 Å². The van der Waals surface area contributed by atoms with Crippen molar-refractivity contribution in [2.45, 2.75) is 32.1 Å². The molecule has 0 heterocycles. The molecule has 1 N–H and O–H groups in total. The zero-order chi connectivity index (χ0) is 13.7. The maximum absolute atomic E-state index is 11.0. The molecule has 5 heteroatoms. The second-order valence-electron chi connectivity index (χ2n) is 5.02. The molecule has 0 aromatic heterocycles. The predicted octanol–water partition coefficient (Wildman–Crippen LogP) is 3.40. The van der Waals surface area contributed by atoms with Crippen molar-refractivity contribution in [3.8, 4) is 0 Å². The van der Waals surface area contributed by atoms with Crippen molar-refractivity contribution in [3.63, 3.8) is 0 Å². The minimum atomic E-state index is -0.453. The Kier molecular flexibility index (Phi) is 4.49. The van der Waals surface area contributed by atoms with E-state index in [0.717, 1.165) is 18.9 Å². The fourth-order valence-electron chi connectivity index (χ4n) is 2.63. The van der Waals surface area contributed by atoms with Gasteiger partial charge in [-0.05, 0) is 24.5 Å². The number of carbonyl (C=O) groups is 1. The van der Waals surface area contributed by atoms with Gasteiger partial charge in [-0.1, -0.05) is 25.7 Å². The number of anilines is 1. The predicted molar refractivity (Wildman–Crippen MR) is 73.5 cm³/mol. The van der Waals surface area contributed by atoms with Gasteiger partial charge >= 0.3 is 0 Å². The van der Waals surface area contributed by atoms with Crippen molar-refractivity contribution in [1.82, 2.24) is 0 Å². The second-order valence-corrected chi connectivity index (χ2v) is 5.02. The number of nitrogens with one attached hydrogen (secondary N) is 1. The number of nitrogens with zero attached hydrogens (tertiary/aromatic N) is 1. The lowest BCUT2D eigenvalue weighted by Crippen LogP contribution is -2.08. The van der Waals surface area contributed by atoms with Crippen LogP contribution in [0.25, 0.3) is 0 Å². The van der Waals surface area contributed by atoms with Gasteiger partial charge in [0.1, 0.15) is 12.0 Å². The minimum Gasteiger partial charge on any atom is -0.379 e. The van der Waals surface area contributed by atoms with E-state index in [1.807, 2.05) is 0 Å². The molecule has 0 amide bonds. The van der Waals surface area contributed by atoms with Crippen LogP contribution >= 0.6 is 0 Å². The molecule has 0 radical (unpaired) electrons. The highest BCUT2D eigenvalue weighted by Crippen LogP contribution is 2.29. The number of carbonyl (C=O) groups excluding carboxylic acids is 1. The van der Waals surface area contributed by atoms with Gasteiger partial charge in [0.15, 0.2) is 0 Å². The van der Waals surface area contributed by atoms with E-state index in [-0.39, 0.29) is 5.69 Å². The van der Waals surface area contributed by atoms with Crippen molar-refractivity contribution in [3.05, 3.63) is 33.9 Å². The molecule has 0 aliphatic heterocycles. The maximum Gasteiger partial charge on any atom is 0.293 e. The molecular weight excluding hydrogens is 244 g/mol. The second kappa shape index (κ2) is 6.31. The fraction of sp³-hybridized carbons (Fsp3) is 0.500. The normalized spacial score (nSPS) is 15.4. The van der Waals surface area contributed by atoms with Crippen molar-refractivity contribution >= 4 is 17.7 Å². The lowest BCUT2D eigenvalue weighted by Gasteiger charge is -2.11. The maximum atomic E-state index is 11.0. The topological polar surface area (TPSA) is 72.2 Å². The third-order valence-corrected chi connectivity index (χ3v) is 3.70. The monoisotopic (exact) mass is 262 g/mol. The van der Waals surface area contributed by atoms with Gasteiger partial charge in [0.2, 0.25) is 0 Å². The van der Waals surface area contributed by atoms with E-state index < -0.39 is 4.92 Å². The fourth-order valence-corrected chi connectivity index (χ4v) is 2.63. The first kappa shape index (κ1) is 13.5. The van der Waals surface area contributed by atoms with Gasteiger partial charge in [0.25, 0.3) is 5.69 Å². The first-order valence-electron chi connectivity index (χ1n) is 6.68. The lowest BCUT2D eigenvalue weighted by molar-refractivity contribution is -0.384. The first-order chi connectivity index (χ1) is 9.20. The highest BCUT2D eigenvalue weighted by atomic mass is 16.6. The number of benzene rings is 1. The van der Waals surface area contributed by atoms with Crippen molar-refractivity contribution < 1.29 is 9.72 Å². The molecule has 0 spiro atoms. The van der Waals surface area contributed by atoms with E-state index in [1.54, 1.807) is 12.1 Å². The van der Waals surface area contributed by atoms with E-state index in [2.05, 4.69) is 5.32 Å². The molecule has 1 aromatic rings. The summed E-state index contributed by atoms with van der Waals surface area (Å²) in [4.78, 5) is 21.1. The smallest absolute Gasteiger partial charge is 0.293 e. The quantitative estimate of drug-likeness (QED) is 0.484. The third-order valence-electron chi connectivity index (χ3n) is 3.70. The summed E-state index contributed by atoms with van der Waals surface area (Å²) in [7, 11) is 0. The molecule has 1 aliphatic carbocycles. The van der Waals surface area contributed by atoms with Crippen LogP contribution in [-0.4, -0.2) is 17.8 Å². The summed E-state index contributed by atoms with van der Waals surface area (Å²) in [6.45, 7) is 0.742. The molecule has 0 bridgehead atoms. The Bertz CT molecular complexity index is 468. The van der Waals surface area contributed by atoms with E-state index >= 15 is 0 Å². The van der Waals surface area contributed by atoms with Gasteiger partial charge in [-0.25, -0.2) is 0 Å². The highest BCUT2D eigenvalue weighted by Gasteiger charge is 2.17. The molecular formula is C14H18N2O3. The summed E-state index contributed by atoms with van der Waals surface area (Å²) in [6.07, 6.45) is 6.82. The molecule has 1 aliphatic rings. The SMILES string of the molecule is O=Cc1ccc(NCCC2CCCC2)c([N+](=O)[O-])c1. The van der Waals surface area contributed by atoms with Gasteiger partial charge in [-0.2, -0.15) is 0 Å². The number of rotatable bonds is 6. The molecule has 5 nitrogen and oxygen atoms in total. The Balaban J connectivity index is 1.98. The standard InChI is InChI=1S/C14H18N2O3/c17-10-12-5-6-13(14(9-12)16(18)19)15-8-7-11-3-1-2-4-11/h5-6,9-11,15H,1-4,7-8H2. The summed E-state index contributed by atoms with van der Waals surface area (Å²) in [5.74, 6) is 0.751. The lowest BCUT2D eigenvalue weighted by atomic mass is 10.0. The largest absolute Gasteiger partial charge is 0.379 e. The van der Waals surface area contributed by atoms with Crippen LogP contribution in [0.3, 0.4) is 0 Å². The Hall–Kier alpha value is -1.91. The highest BCUT2D eigenvalue weighted by molar-refractivity contribution is 5.79. The average molecular weight is 262 g/mol. The summed E-state index contributed by atoms with van der Waals surface area (Å²) in [5.41, 5.74) is 0.790. The van der Waals surface area contributed by atoms with Crippen LogP contribution in [-0.2, 0) is 0 Å². The van der Waals surface area contributed by atoms with Crippen LogP contribution in [0.2, 0.25) is 0 Å². The first-order valence-corrected chi connectivity index (χ1v) is 6.68. The zero-order valence-electron chi connectivity index (χ0n) is 10.8. The van der Waals surface area contributed by atoms with Crippen molar-refractivity contribution in [2.24, 2.45) is 5.92 Å². The molecule has 0 atom stereocenters. The van der Waals surface area contributed by atoms with Crippen LogP contribution < -0.4 is 5.32 Å². The summed E-state index contributed by atoms with van der Waals surface area (Å²) in [6, 6.07) is 4.51. The number of hydrogen-bond acceptors (Lipinski definition) is 4. The van der Waals surface area contributed by atoms with Gasteiger partial charge in [-0.3, -0.25) is 14.9 Å². The van der Waals surface area contributed by atoms with Crippen molar-refractivity contribution in [1.29, 1.82) is 0 Å². The third kappa shape index (κ3) is 3.53. The Morgan fingerprint density at radius 3 is 2.74 bits per heavy atom. The molecule has 1 saturated carbocycles. The minimum absolute atomic E-state index is 0.0315. The van der Waals surface area contributed by atoms with E-state index in [4.69, 9.17) is 0 Å². The molecule has 2 rings (SSSR count). The van der Waals surface area contributed by atoms with Crippen LogP contribution in [0.5, 0.6) is 0 Å². The van der Waals surface area contributed by atoms with E-state index in [1.165, 1.54) is 31.7 Å². The Morgan fingerprint density at radius 1 is 1.37 bits per heavy atom. The van der Waals surface area contributed by atoms with E-state index in [0.29, 0.717) is 17.5 Å². The number of nitro groups is 1.